The molecular formula is C42H39IrN3O-2. The van der Waals surface area contributed by atoms with Crippen LogP contribution in [-0.4, -0.2) is 15.0 Å². The first kappa shape index (κ1) is 33.9. The minimum Gasteiger partial charge on any atom is -0.486 e. The van der Waals surface area contributed by atoms with Crippen LogP contribution in [0.1, 0.15) is 67.5 Å². The maximum absolute atomic E-state index is 6.43. The maximum atomic E-state index is 6.43. The fourth-order valence-corrected chi connectivity index (χ4v) is 5.90. The molecule has 4 nitrogen and oxygen atoms in total. The molecule has 0 N–H and O–H groups in total. The van der Waals surface area contributed by atoms with Crippen LogP contribution >= 0.6 is 0 Å². The van der Waals surface area contributed by atoms with Gasteiger partial charge in [-0.3, -0.25) is 0 Å². The van der Waals surface area contributed by atoms with E-state index in [1.807, 2.05) is 48.5 Å². The number of nitrogens with zero attached hydrogens (tertiary/aromatic N) is 3. The van der Waals surface area contributed by atoms with Crippen LogP contribution in [-0.2, 0) is 20.1 Å². The number of rotatable bonds is 5. The second kappa shape index (κ2) is 14.5. The third-order valence-corrected chi connectivity index (χ3v) is 8.61. The Balaban J connectivity index is 0.000000280. The molecule has 4 aromatic heterocycles. The van der Waals surface area contributed by atoms with Gasteiger partial charge in [0.25, 0.3) is 0 Å². The van der Waals surface area contributed by atoms with Crippen molar-refractivity contribution < 1.29 is 24.5 Å². The van der Waals surface area contributed by atoms with Crippen molar-refractivity contribution in [1.82, 2.24) is 15.0 Å². The Labute approximate surface area is 291 Å². The van der Waals surface area contributed by atoms with E-state index in [-0.39, 0.29) is 20.1 Å². The summed E-state index contributed by atoms with van der Waals surface area (Å²) in [5.74, 6) is 0.810. The maximum Gasteiger partial charge on any atom is 0.216 e. The van der Waals surface area contributed by atoms with E-state index in [0.29, 0.717) is 17.5 Å². The molecule has 0 amide bonds. The number of furan rings is 1. The number of aryl methyl sites for hydroxylation is 2. The first-order valence-electron chi connectivity index (χ1n) is 15.9. The SMILES string of the molecule is Cc1cc(-c2[c-]ccc3c2oc2nc(-c4c(C(C)C)cccc4C(C)C)ccc23)nc(C)c1C.[Ir].[c-]1ccccc1-c1ccccn1. The molecule has 4 heterocycles. The van der Waals surface area contributed by atoms with Gasteiger partial charge in [0.2, 0.25) is 5.71 Å². The number of fused-ring (bicyclic) bond motifs is 3. The molecule has 239 valence electrons. The Bertz CT molecular complexity index is 2050. The molecule has 7 rings (SSSR count). The van der Waals surface area contributed by atoms with Gasteiger partial charge < -0.3 is 14.4 Å². The Hall–Kier alpha value is -4.44. The Kier molecular flexibility index (Phi) is 10.5. The first-order valence-corrected chi connectivity index (χ1v) is 15.9. The molecule has 3 aromatic carbocycles. The molecule has 0 bridgehead atoms. The minimum atomic E-state index is 0. The summed E-state index contributed by atoms with van der Waals surface area (Å²) in [6, 6.07) is 37.2. The van der Waals surface area contributed by atoms with Crippen LogP contribution in [0.3, 0.4) is 0 Å². The van der Waals surface area contributed by atoms with Crippen molar-refractivity contribution in [2.24, 2.45) is 0 Å². The van der Waals surface area contributed by atoms with Crippen molar-refractivity contribution in [3.8, 4) is 33.8 Å². The third-order valence-electron chi connectivity index (χ3n) is 8.61. The molecule has 1 radical (unpaired) electrons. The van der Waals surface area contributed by atoms with E-state index in [4.69, 9.17) is 14.4 Å². The average Bonchev–Trinajstić information content (AvgIpc) is 3.46. The van der Waals surface area contributed by atoms with Gasteiger partial charge in [-0.15, -0.1) is 54.1 Å². The first-order chi connectivity index (χ1) is 22.2. The molecular weight excluding hydrogens is 755 g/mol. The zero-order valence-electron chi connectivity index (χ0n) is 28.0. The Morgan fingerprint density at radius 1 is 0.660 bits per heavy atom. The fourth-order valence-electron chi connectivity index (χ4n) is 5.90. The minimum absolute atomic E-state index is 0. The molecule has 0 aliphatic rings. The van der Waals surface area contributed by atoms with Gasteiger partial charge in [0.1, 0.15) is 0 Å². The van der Waals surface area contributed by atoms with Gasteiger partial charge in [0.05, 0.1) is 11.3 Å². The number of aromatic nitrogens is 3. The number of benzene rings is 3. The van der Waals surface area contributed by atoms with Crippen LogP contribution in [0.4, 0.5) is 0 Å². The third kappa shape index (κ3) is 6.98. The van der Waals surface area contributed by atoms with Gasteiger partial charge in [-0.2, -0.15) is 0 Å². The molecule has 0 aliphatic carbocycles. The summed E-state index contributed by atoms with van der Waals surface area (Å²) < 4.78 is 6.43. The van der Waals surface area contributed by atoms with Crippen LogP contribution in [0.15, 0.2) is 102 Å². The molecule has 0 atom stereocenters. The van der Waals surface area contributed by atoms with E-state index in [1.165, 1.54) is 27.8 Å². The number of hydrogen-bond acceptors (Lipinski definition) is 4. The summed E-state index contributed by atoms with van der Waals surface area (Å²) >= 11 is 0. The summed E-state index contributed by atoms with van der Waals surface area (Å²) in [5.41, 5.74) is 13.5. The van der Waals surface area contributed by atoms with Gasteiger partial charge in [-0.05, 0) is 78.9 Å². The van der Waals surface area contributed by atoms with Crippen LogP contribution in [0.2, 0.25) is 0 Å². The summed E-state index contributed by atoms with van der Waals surface area (Å²) in [6.45, 7) is 15.2. The molecule has 0 saturated heterocycles. The Morgan fingerprint density at radius 2 is 1.40 bits per heavy atom. The summed E-state index contributed by atoms with van der Waals surface area (Å²) in [5, 5.41) is 2.06. The Morgan fingerprint density at radius 3 is 2.04 bits per heavy atom. The van der Waals surface area contributed by atoms with Crippen molar-refractivity contribution >= 4 is 22.1 Å². The van der Waals surface area contributed by atoms with Gasteiger partial charge >= 0.3 is 0 Å². The molecule has 0 fully saturated rings. The molecule has 0 aliphatic heterocycles. The summed E-state index contributed by atoms with van der Waals surface area (Å²) in [7, 11) is 0. The second-order valence-electron chi connectivity index (χ2n) is 12.4. The van der Waals surface area contributed by atoms with Gasteiger partial charge in [0, 0.05) is 42.9 Å². The van der Waals surface area contributed by atoms with Crippen LogP contribution in [0.25, 0.3) is 55.8 Å². The zero-order valence-corrected chi connectivity index (χ0v) is 30.4. The van der Waals surface area contributed by atoms with Gasteiger partial charge in [-0.25, -0.2) is 4.98 Å². The normalized spacial score (nSPS) is 11.1. The average molecular weight is 794 g/mol. The van der Waals surface area contributed by atoms with Crippen LogP contribution in [0.5, 0.6) is 0 Å². The van der Waals surface area contributed by atoms with E-state index >= 15 is 0 Å². The molecule has 5 heteroatoms. The van der Waals surface area contributed by atoms with E-state index in [9.17, 15) is 0 Å². The molecule has 7 aromatic rings. The topological polar surface area (TPSA) is 51.8 Å². The van der Waals surface area contributed by atoms with Crippen molar-refractivity contribution in [2.45, 2.75) is 60.3 Å². The van der Waals surface area contributed by atoms with Gasteiger partial charge in [0.15, 0.2) is 0 Å². The monoisotopic (exact) mass is 794 g/mol. The largest absolute Gasteiger partial charge is 0.486 e. The smallest absolute Gasteiger partial charge is 0.216 e. The predicted octanol–water partition coefficient (Wildman–Crippen LogP) is 11.2. The van der Waals surface area contributed by atoms with Crippen LogP contribution in [0, 0.1) is 32.9 Å². The molecule has 0 saturated carbocycles. The van der Waals surface area contributed by atoms with E-state index in [1.54, 1.807) is 6.20 Å². The van der Waals surface area contributed by atoms with E-state index in [0.717, 1.165) is 50.3 Å². The van der Waals surface area contributed by atoms with Crippen molar-refractivity contribution in [3.63, 3.8) is 0 Å². The molecule has 0 unspecified atom stereocenters. The molecule has 0 spiro atoms. The predicted molar refractivity (Wildman–Crippen MR) is 190 cm³/mol. The van der Waals surface area contributed by atoms with E-state index < -0.39 is 0 Å². The van der Waals surface area contributed by atoms with Crippen molar-refractivity contribution in [2.75, 3.05) is 0 Å². The van der Waals surface area contributed by atoms with Crippen molar-refractivity contribution in [3.05, 3.63) is 137 Å². The zero-order chi connectivity index (χ0) is 32.4. The number of hydrogen-bond donors (Lipinski definition) is 0. The quantitative estimate of drug-likeness (QED) is 0.163. The van der Waals surface area contributed by atoms with Gasteiger partial charge in [-0.1, -0.05) is 80.6 Å². The van der Waals surface area contributed by atoms with Crippen molar-refractivity contribution in [1.29, 1.82) is 0 Å². The second-order valence-corrected chi connectivity index (χ2v) is 12.4. The number of pyridine rings is 3. The standard InChI is InChI=1S/C31H31N2O.C11H8N.Ir/c1-17(2)22-10-8-11-23(18(3)4)29(22)27-15-14-25-24-12-9-13-26(30(24)34-31(25)33-27)28-16-19(5)20(6)21(7)32-28;1-2-6-10(7-3-1)11-8-4-5-9-12-11;/h8-12,14-18H,1-7H3;1-6,8-9H;/q2*-1;. The summed E-state index contributed by atoms with van der Waals surface area (Å²) in [6.07, 6.45) is 1.79. The van der Waals surface area contributed by atoms with Crippen LogP contribution < -0.4 is 0 Å². The fraction of sp³-hybridized carbons (Fsp3) is 0.214. The summed E-state index contributed by atoms with van der Waals surface area (Å²) in [4.78, 5) is 14.1. The molecule has 47 heavy (non-hydrogen) atoms. The van der Waals surface area contributed by atoms with E-state index in [2.05, 4.69) is 108 Å².